The van der Waals surface area contributed by atoms with Crippen molar-refractivity contribution in [1.29, 1.82) is 0 Å². The van der Waals surface area contributed by atoms with Gasteiger partial charge < -0.3 is 14.5 Å². The molecule has 1 fully saturated rings. The van der Waals surface area contributed by atoms with Crippen molar-refractivity contribution in [3.63, 3.8) is 0 Å². The second kappa shape index (κ2) is 9.28. The predicted octanol–water partition coefficient (Wildman–Crippen LogP) is 3.42. The minimum Gasteiger partial charge on any atom is -0.465 e. The summed E-state index contributed by atoms with van der Waals surface area (Å²) in [6.45, 7) is 7.82. The quantitative estimate of drug-likeness (QED) is 0.315. The molecule has 8 heteroatoms. The van der Waals surface area contributed by atoms with Gasteiger partial charge in [0, 0.05) is 37.9 Å². The van der Waals surface area contributed by atoms with Crippen LogP contribution in [0.2, 0.25) is 5.15 Å². The van der Waals surface area contributed by atoms with E-state index in [2.05, 4.69) is 51.0 Å². The van der Waals surface area contributed by atoms with Crippen molar-refractivity contribution in [2.24, 2.45) is 0 Å². The van der Waals surface area contributed by atoms with Crippen LogP contribution in [-0.2, 0) is 9.53 Å². The molecule has 0 saturated carbocycles. The van der Waals surface area contributed by atoms with E-state index in [0.717, 1.165) is 32.0 Å². The van der Waals surface area contributed by atoms with Crippen LogP contribution in [0.3, 0.4) is 0 Å². The van der Waals surface area contributed by atoms with Gasteiger partial charge in [-0.25, -0.2) is 9.97 Å². The van der Waals surface area contributed by atoms with Gasteiger partial charge in [-0.3, -0.25) is 4.79 Å². The Morgan fingerprint density at radius 1 is 1.19 bits per heavy atom. The van der Waals surface area contributed by atoms with Crippen molar-refractivity contribution in [3.8, 4) is 0 Å². The van der Waals surface area contributed by atoms with Crippen molar-refractivity contribution < 1.29 is 9.53 Å². The summed E-state index contributed by atoms with van der Waals surface area (Å²) < 4.78 is 4.94. The highest BCUT2D eigenvalue weighted by atomic mass is 35.5. The van der Waals surface area contributed by atoms with Gasteiger partial charge in [0.15, 0.2) is 5.16 Å². The molecule has 1 aromatic carbocycles. The Hall–Kier alpha value is -1.99. The smallest absolute Gasteiger partial charge is 0.316 e. The summed E-state index contributed by atoms with van der Waals surface area (Å²) in [5.41, 5.74) is 2.57. The van der Waals surface area contributed by atoms with E-state index in [4.69, 9.17) is 16.3 Å². The van der Waals surface area contributed by atoms with Crippen molar-refractivity contribution in [2.75, 3.05) is 48.3 Å². The van der Waals surface area contributed by atoms with Crippen LogP contribution >= 0.6 is 23.4 Å². The van der Waals surface area contributed by atoms with Crippen molar-refractivity contribution in [3.05, 3.63) is 41.0 Å². The SMILES string of the molecule is CCOC(=O)CSc1nc(Cl)cc(N2CCN(c3ccccc3C)CC2)n1. The molecule has 0 spiro atoms. The lowest BCUT2D eigenvalue weighted by atomic mass is 10.1. The number of ether oxygens (including phenoxy) is 1. The molecule has 2 aromatic rings. The van der Waals surface area contributed by atoms with E-state index in [0.29, 0.717) is 16.9 Å². The van der Waals surface area contributed by atoms with Gasteiger partial charge in [0.2, 0.25) is 0 Å². The number of nitrogens with zero attached hydrogens (tertiary/aromatic N) is 4. The number of hydrogen-bond acceptors (Lipinski definition) is 7. The van der Waals surface area contributed by atoms with E-state index in [9.17, 15) is 4.79 Å². The molecule has 1 aliphatic heterocycles. The van der Waals surface area contributed by atoms with Gasteiger partial charge in [-0.05, 0) is 25.5 Å². The number of benzene rings is 1. The summed E-state index contributed by atoms with van der Waals surface area (Å²) in [4.78, 5) is 24.9. The van der Waals surface area contributed by atoms with E-state index in [1.807, 2.05) is 0 Å². The first-order chi connectivity index (χ1) is 13.1. The van der Waals surface area contributed by atoms with Gasteiger partial charge in [-0.2, -0.15) is 0 Å². The van der Waals surface area contributed by atoms with Crippen LogP contribution in [0.25, 0.3) is 0 Å². The number of anilines is 2. The van der Waals surface area contributed by atoms with Crippen LogP contribution in [0.1, 0.15) is 12.5 Å². The molecule has 27 heavy (non-hydrogen) atoms. The van der Waals surface area contributed by atoms with Crippen LogP contribution in [0.15, 0.2) is 35.5 Å². The number of carbonyl (C=O) groups is 1. The monoisotopic (exact) mass is 406 g/mol. The fraction of sp³-hybridized carbons (Fsp3) is 0.421. The summed E-state index contributed by atoms with van der Waals surface area (Å²) in [6, 6.07) is 10.2. The minimum atomic E-state index is -0.278. The van der Waals surface area contributed by atoms with Crippen molar-refractivity contribution >= 4 is 40.8 Å². The fourth-order valence-corrected chi connectivity index (χ4v) is 3.91. The number of aryl methyl sites for hydroxylation is 1. The van der Waals surface area contributed by atoms with Crippen molar-refractivity contribution in [2.45, 2.75) is 19.0 Å². The maximum Gasteiger partial charge on any atom is 0.316 e. The Bertz CT molecular complexity index is 797. The molecule has 0 radical (unpaired) electrons. The Balaban J connectivity index is 1.64. The molecule has 1 aliphatic rings. The molecule has 0 N–H and O–H groups in total. The lowest BCUT2D eigenvalue weighted by molar-refractivity contribution is -0.139. The van der Waals surface area contributed by atoms with Gasteiger partial charge in [0.1, 0.15) is 11.0 Å². The lowest BCUT2D eigenvalue weighted by Gasteiger charge is -2.37. The third kappa shape index (κ3) is 5.26. The van der Waals surface area contributed by atoms with Gasteiger partial charge in [0.05, 0.1) is 12.4 Å². The number of thioether (sulfide) groups is 1. The first kappa shape index (κ1) is 19.8. The molecular formula is C19H23ClN4O2S. The standard InChI is InChI=1S/C19H23ClN4O2S/c1-3-26-18(25)13-27-19-21-16(20)12-17(22-19)24-10-8-23(9-11-24)15-7-5-4-6-14(15)2/h4-7,12H,3,8-11,13H2,1-2H3. The summed E-state index contributed by atoms with van der Waals surface area (Å²) in [5.74, 6) is 0.694. The average Bonchev–Trinajstić information content (AvgIpc) is 2.67. The van der Waals surface area contributed by atoms with Crippen LogP contribution in [-0.4, -0.2) is 54.5 Å². The summed E-state index contributed by atoms with van der Waals surface area (Å²) in [5, 5.41) is 0.875. The molecule has 144 valence electrons. The van der Waals surface area contributed by atoms with Crippen molar-refractivity contribution in [1.82, 2.24) is 9.97 Å². The number of carbonyl (C=O) groups excluding carboxylic acids is 1. The second-order valence-electron chi connectivity index (χ2n) is 6.19. The van der Waals surface area contributed by atoms with Crippen LogP contribution in [0, 0.1) is 6.92 Å². The number of para-hydroxylation sites is 1. The molecule has 1 saturated heterocycles. The van der Waals surface area contributed by atoms with Crippen LogP contribution < -0.4 is 9.80 Å². The molecule has 6 nitrogen and oxygen atoms in total. The van der Waals surface area contributed by atoms with Crippen LogP contribution in [0.4, 0.5) is 11.5 Å². The molecule has 3 rings (SSSR count). The Morgan fingerprint density at radius 2 is 1.89 bits per heavy atom. The Morgan fingerprint density at radius 3 is 2.59 bits per heavy atom. The molecule has 1 aromatic heterocycles. The normalized spacial score (nSPS) is 14.3. The molecule has 2 heterocycles. The highest BCUT2D eigenvalue weighted by Gasteiger charge is 2.20. The third-order valence-electron chi connectivity index (χ3n) is 4.35. The van der Waals surface area contributed by atoms with E-state index in [1.54, 1.807) is 13.0 Å². The van der Waals surface area contributed by atoms with Gasteiger partial charge in [0.25, 0.3) is 0 Å². The van der Waals surface area contributed by atoms with Gasteiger partial charge in [-0.15, -0.1) is 0 Å². The largest absolute Gasteiger partial charge is 0.465 e. The number of aromatic nitrogens is 2. The maximum atomic E-state index is 11.5. The number of halogens is 1. The van der Waals surface area contributed by atoms with Gasteiger partial charge in [-0.1, -0.05) is 41.6 Å². The highest BCUT2D eigenvalue weighted by Crippen LogP contribution is 2.25. The molecule has 0 amide bonds. The Kier molecular flexibility index (Phi) is 6.79. The van der Waals surface area contributed by atoms with E-state index in [1.165, 1.54) is 23.0 Å². The van der Waals surface area contributed by atoms with E-state index in [-0.39, 0.29) is 11.7 Å². The highest BCUT2D eigenvalue weighted by molar-refractivity contribution is 7.99. The molecule has 0 unspecified atom stereocenters. The van der Waals surface area contributed by atoms with Crippen LogP contribution in [0.5, 0.6) is 0 Å². The fourth-order valence-electron chi connectivity index (χ4n) is 3.03. The second-order valence-corrected chi connectivity index (χ2v) is 7.52. The zero-order chi connectivity index (χ0) is 19.2. The topological polar surface area (TPSA) is 58.6 Å². The molecule has 0 bridgehead atoms. The zero-order valence-corrected chi connectivity index (χ0v) is 17.1. The minimum absolute atomic E-state index is 0.175. The first-order valence-electron chi connectivity index (χ1n) is 8.95. The third-order valence-corrected chi connectivity index (χ3v) is 5.36. The van der Waals surface area contributed by atoms with Gasteiger partial charge >= 0.3 is 5.97 Å². The van der Waals surface area contributed by atoms with E-state index < -0.39 is 0 Å². The lowest BCUT2D eigenvalue weighted by Crippen LogP contribution is -2.47. The number of rotatable bonds is 6. The summed E-state index contributed by atoms with van der Waals surface area (Å²) >= 11 is 7.42. The number of piperazine rings is 1. The number of esters is 1. The van der Waals surface area contributed by atoms with E-state index >= 15 is 0 Å². The first-order valence-corrected chi connectivity index (χ1v) is 10.3. The Labute approximate surface area is 168 Å². The number of hydrogen-bond donors (Lipinski definition) is 0. The zero-order valence-electron chi connectivity index (χ0n) is 15.5. The molecular weight excluding hydrogens is 384 g/mol. The predicted molar refractivity (Wildman–Crippen MR) is 110 cm³/mol. The maximum absolute atomic E-state index is 11.5. The summed E-state index contributed by atoms with van der Waals surface area (Å²) in [7, 11) is 0. The molecule has 0 aliphatic carbocycles. The molecule has 0 atom stereocenters. The summed E-state index contributed by atoms with van der Waals surface area (Å²) in [6.07, 6.45) is 0. The average molecular weight is 407 g/mol.